The van der Waals surface area contributed by atoms with Crippen molar-refractivity contribution in [3.05, 3.63) is 21.9 Å². The van der Waals surface area contributed by atoms with Gasteiger partial charge < -0.3 is 10.0 Å². The maximum absolute atomic E-state index is 10.8. The van der Waals surface area contributed by atoms with E-state index in [0.29, 0.717) is 0 Å². The molecule has 4 heteroatoms. The molecule has 0 aliphatic heterocycles. The first kappa shape index (κ1) is 14.2. The molecule has 0 saturated heterocycles. The number of aryl methyl sites for hydroxylation is 1. The number of thiophene rings is 1. The van der Waals surface area contributed by atoms with Crippen LogP contribution in [0.5, 0.6) is 0 Å². The Morgan fingerprint density at radius 2 is 2.18 bits per heavy atom. The Balaban J connectivity index is 2.52. The molecular formula is C13H21NO2S. The van der Waals surface area contributed by atoms with E-state index in [1.807, 2.05) is 20.9 Å². The summed E-state index contributed by atoms with van der Waals surface area (Å²) in [5.74, 6) is -0.726. The summed E-state index contributed by atoms with van der Waals surface area (Å²) in [6.45, 7) is 7.79. The molecule has 1 N–H and O–H groups in total. The van der Waals surface area contributed by atoms with Crippen LogP contribution in [0.3, 0.4) is 0 Å². The number of carboxylic acids is 1. The minimum Gasteiger partial charge on any atom is -0.481 e. The van der Waals surface area contributed by atoms with Gasteiger partial charge in [-0.2, -0.15) is 0 Å². The summed E-state index contributed by atoms with van der Waals surface area (Å²) in [5.41, 5.74) is 1.13. The Bertz CT molecular complexity index is 385. The zero-order valence-electron chi connectivity index (χ0n) is 11.0. The van der Waals surface area contributed by atoms with Crippen molar-refractivity contribution in [2.75, 3.05) is 13.6 Å². The average Bonchev–Trinajstić information content (AvgIpc) is 2.47. The molecule has 3 nitrogen and oxygen atoms in total. The molecule has 0 bridgehead atoms. The lowest BCUT2D eigenvalue weighted by atomic mass is 9.89. The molecule has 0 saturated carbocycles. The first-order valence-corrected chi connectivity index (χ1v) is 6.61. The minimum absolute atomic E-state index is 0.189. The number of rotatable bonds is 6. The van der Waals surface area contributed by atoms with Gasteiger partial charge in [-0.25, -0.2) is 0 Å². The standard InChI is InChI=1S/C13H21NO2S/c1-10-5-6-17-11(10)8-14(4)9-13(2,3)7-12(15)16/h5-6H,7-9H2,1-4H3,(H,15,16). The summed E-state index contributed by atoms with van der Waals surface area (Å²) in [7, 11) is 2.04. The fourth-order valence-corrected chi connectivity index (χ4v) is 3.05. The molecule has 1 aromatic rings. The van der Waals surface area contributed by atoms with Gasteiger partial charge in [0.25, 0.3) is 0 Å². The minimum atomic E-state index is -0.726. The highest BCUT2D eigenvalue weighted by atomic mass is 32.1. The molecule has 0 unspecified atom stereocenters. The number of carboxylic acid groups (broad SMARTS) is 1. The third-order valence-corrected chi connectivity index (χ3v) is 3.72. The number of aliphatic carboxylic acids is 1. The maximum Gasteiger partial charge on any atom is 0.303 e. The summed E-state index contributed by atoms with van der Waals surface area (Å²) in [4.78, 5) is 14.3. The third-order valence-electron chi connectivity index (χ3n) is 2.71. The summed E-state index contributed by atoms with van der Waals surface area (Å²) < 4.78 is 0. The van der Waals surface area contributed by atoms with Crippen molar-refractivity contribution in [3.63, 3.8) is 0 Å². The van der Waals surface area contributed by atoms with Crippen molar-refractivity contribution in [2.45, 2.75) is 33.7 Å². The Morgan fingerprint density at radius 3 is 2.65 bits per heavy atom. The largest absolute Gasteiger partial charge is 0.481 e. The lowest BCUT2D eigenvalue weighted by molar-refractivity contribution is -0.139. The molecular weight excluding hydrogens is 234 g/mol. The van der Waals surface area contributed by atoms with Crippen molar-refractivity contribution < 1.29 is 9.90 Å². The number of hydrogen-bond acceptors (Lipinski definition) is 3. The summed E-state index contributed by atoms with van der Waals surface area (Å²) in [5, 5.41) is 10.9. The molecule has 1 aromatic heterocycles. The van der Waals surface area contributed by atoms with Gasteiger partial charge in [0.05, 0.1) is 6.42 Å². The Hall–Kier alpha value is -0.870. The highest BCUT2D eigenvalue weighted by Gasteiger charge is 2.23. The van der Waals surface area contributed by atoms with Crippen LogP contribution in [-0.4, -0.2) is 29.6 Å². The fourth-order valence-electron chi connectivity index (χ4n) is 2.06. The normalized spacial score (nSPS) is 12.1. The van der Waals surface area contributed by atoms with E-state index < -0.39 is 5.97 Å². The van der Waals surface area contributed by atoms with Gasteiger partial charge in [-0.15, -0.1) is 11.3 Å². The Morgan fingerprint density at radius 1 is 1.53 bits per heavy atom. The Labute approximate surface area is 107 Å². The van der Waals surface area contributed by atoms with Gasteiger partial charge >= 0.3 is 5.97 Å². The van der Waals surface area contributed by atoms with E-state index in [9.17, 15) is 4.79 Å². The van der Waals surface area contributed by atoms with E-state index in [1.54, 1.807) is 11.3 Å². The molecule has 0 amide bonds. The summed E-state index contributed by atoms with van der Waals surface area (Å²) in [6, 6.07) is 2.12. The lowest BCUT2D eigenvalue weighted by Crippen LogP contribution is -2.32. The Kier molecular flexibility index (Phi) is 4.71. The van der Waals surface area contributed by atoms with Crippen molar-refractivity contribution in [2.24, 2.45) is 5.41 Å². The monoisotopic (exact) mass is 255 g/mol. The topological polar surface area (TPSA) is 40.5 Å². The van der Waals surface area contributed by atoms with E-state index in [2.05, 4.69) is 23.3 Å². The molecule has 0 radical (unpaired) electrons. The van der Waals surface area contributed by atoms with Crippen LogP contribution in [0.1, 0.15) is 30.7 Å². The van der Waals surface area contributed by atoms with Gasteiger partial charge in [0.1, 0.15) is 0 Å². The van der Waals surface area contributed by atoms with E-state index in [4.69, 9.17) is 5.11 Å². The van der Waals surface area contributed by atoms with Crippen LogP contribution in [0.15, 0.2) is 11.4 Å². The molecule has 1 rings (SSSR count). The number of carbonyl (C=O) groups is 1. The van der Waals surface area contributed by atoms with Gasteiger partial charge in [0.2, 0.25) is 0 Å². The smallest absolute Gasteiger partial charge is 0.303 e. The molecule has 0 aliphatic rings. The van der Waals surface area contributed by atoms with Gasteiger partial charge in [0.15, 0.2) is 0 Å². The number of nitrogens with zero attached hydrogens (tertiary/aromatic N) is 1. The second-order valence-electron chi connectivity index (χ2n) is 5.43. The highest BCUT2D eigenvalue weighted by molar-refractivity contribution is 7.10. The van der Waals surface area contributed by atoms with Crippen LogP contribution in [0, 0.1) is 12.3 Å². The predicted molar refractivity (Wildman–Crippen MR) is 71.4 cm³/mol. The van der Waals surface area contributed by atoms with E-state index >= 15 is 0 Å². The molecule has 0 spiro atoms. The van der Waals surface area contributed by atoms with Crippen LogP contribution < -0.4 is 0 Å². The second-order valence-corrected chi connectivity index (χ2v) is 6.43. The maximum atomic E-state index is 10.8. The fraction of sp³-hybridized carbons (Fsp3) is 0.615. The second kappa shape index (κ2) is 5.65. The first-order chi connectivity index (χ1) is 7.80. The lowest BCUT2D eigenvalue weighted by Gasteiger charge is -2.28. The van der Waals surface area contributed by atoms with E-state index in [0.717, 1.165) is 13.1 Å². The van der Waals surface area contributed by atoms with E-state index in [-0.39, 0.29) is 11.8 Å². The van der Waals surface area contributed by atoms with Gasteiger partial charge in [-0.1, -0.05) is 13.8 Å². The summed E-state index contributed by atoms with van der Waals surface area (Å²) >= 11 is 1.76. The highest BCUT2D eigenvalue weighted by Crippen LogP contribution is 2.24. The molecule has 0 aliphatic carbocycles. The number of hydrogen-bond donors (Lipinski definition) is 1. The zero-order chi connectivity index (χ0) is 13.1. The molecule has 1 heterocycles. The van der Waals surface area contributed by atoms with Crippen LogP contribution >= 0.6 is 11.3 Å². The van der Waals surface area contributed by atoms with Crippen LogP contribution in [-0.2, 0) is 11.3 Å². The SMILES string of the molecule is Cc1ccsc1CN(C)CC(C)(C)CC(=O)O. The quantitative estimate of drug-likeness (QED) is 0.849. The molecule has 0 atom stereocenters. The zero-order valence-corrected chi connectivity index (χ0v) is 11.8. The van der Waals surface area contributed by atoms with Crippen LogP contribution in [0.25, 0.3) is 0 Å². The van der Waals surface area contributed by atoms with E-state index in [1.165, 1.54) is 10.4 Å². The third kappa shape index (κ3) is 4.88. The molecule has 17 heavy (non-hydrogen) atoms. The molecule has 96 valence electrons. The van der Waals surface area contributed by atoms with Gasteiger partial charge in [-0.3, -0.25) is 4.79 Å². The van der Waals surface area contributed by atoms with Crippen LogP contribution in [0.4, 0.5) is 0 Å². The average molecular weight is 255 g/mol. The van der Waals surface area contributed by atoms with Crippen molar-refractivity contribution in [3.8, 4) is 0 Å². The van der Waals surface area contributed by atoms with Crippen molar-refractivity contribution in [1.29, 1.82) is 0 Å². The van der Waals surface area contributed by atoms with Gasteiger partial charge in [-0.05, 0) is 36.4 Å². The van der Waals surface area contributed by atoms with Crippen molar-refractivity contribution in [1.82, 2.24) is 4.90 Å². The molecule has 0 fully saturated rings. The predicted octanol–water partition coefficient (Wildman–Crippen LogP) is 2.99. The van der Waals surface area contributed by atoms with Gasteiger partial charge in [0, 0.05) is 18.0 Å². The summed E-state index contributed by atoms with van der Waals surface area (Å²) in [6.07, 6.45) is 0.209. The van der Waals surface area contributed by atoms with Crippen molar-refractivity contribution >= 4 is 17.3 Å². The molecule has 0 aromatic carbocycles. The van der Waals surface area contributed by atoms with Crippen LogP contribution in [0.2, 0.25) is 0 Å². The first-order valence-electron chi connectivity index (χ1n) is 5.73.